The van der Waals surface area contributed by atoms with Crippen LogP contribution in [-0.4, -0.2) is 5.54 Å². The lowest BCUT2D eigenvalue weighted by Gasteiger charge is -2.26. The van der Waals surface area contributed by atoms with Gasteiger partial charge < -0.3 is 5.32 Å². The number of benzene rings is 1. The molecule has 0 saturated heterocycles. The van der Waals surface area contributed by atoms with Gasteiger partial charge in [-0.25, -0.2) is 4.39 Å². The smallest absolute Gasteiger partial charge is 0.126 e. The zero-order valence-corrected chi connectivity index (χ0v) is 9.39. The van der Waals surface area contributed by atoms with Gasteiger partial charge in [-0.3, -0.25) is 0 Å². The molecule has 16 heavy (non-hydrogen) atoms. The summed E-state index contributed by atoms with van der Waals surface area (Å²) in [6, 6.07) is 6.37. The number of nitrogens with zero attached hydrogens (tertiary/aromatic N) is 1. The predicted octanol–water partition coefficient (Wildman–Crippen LogP) is 3.44. The second kappa shape index (κ2) is 4.13. The molecule has 3 heteroatoms. The topological polar surface area (TPSA) is 35.8 Å². The summed E-state index contributed by atoms with van der Waals surface area (Å²) in [6.45, 7) is 2.15. The molecule has 0 atom stereocenters. The molecule has 0 radical (unpaired) electrons. The fourth-order valence-electron chi connectivity index (χ4n) is 2.36. The lowest BCUT2D eigenvalue weighted by atomic mass is 10.00. The Labute approximate surface area is 95.1 Å². The zero-order valence-electron chi connectivity index (χ0n) is 9.39. The molecule has 0 aliphatic heterocycles. The van der Waals surface area contributed by atoms with E-state index in [-0.39, 0.29) is 11.4 Å². The third kappa shape index (κ3) is 2.33. The highest BCUT2D eigenvalue weighted by Crippen LogP contribution is 2.32. The van der Waals surface area contributed by atoms with Crippen molar-refractivity contribution in [1.82, 2.24) is 0 Å². The van der Waals surface area contributed by atoms with E-state index < -0.39 is 0 Å². The quantitative estimate of drug-likeness (QED) is 0.825. The van der Waals surface area contributed by atoms with Crippen LogP contribution in [0.4, 0.5) is 10.1 Å². The van der Waals surface area contributed by atoms with Crippen molar-refractivity contribution in [3.05, 3.63) is 29.6 Å². The van der Waals surface area contributed by atoms with Crippen molar-refractivity contribution in [2.45, 2.75) is 38.1 Å². The lowest BCUT2D eigenvalue weighted by molar-refractivity contribution is 0.532. The molecule has 0 heterocycles. The van der Waals surface area contributed by atoms with Crippen molar-refractivity contribution in [3.8, 4) is 6.07 Å². The van der Waals surface area contributed by atoms with Gasteiger partial charge in [0, 0.05) is 11.2 Å². The summed E-state index contributed by atoms with van der Waals surface area (Å²) in [7, 11) is 0. The average Bonchev–Trinajstić information content (AvgIpc) is 2.63. The van der Waals surface area contributed by atoms with Gasteiger partial charge in [-0.2, -0.15) is 5.26 Å². The first-order valence-corrected chi connectivity index (χ1v) is 5.60. The number of hydrogen-bond donors (Lipinski definition) is 1. The van der Waals surface area contributed by atoms with Gasteiger partial charge in [0.05, 0.1) is 11.6 Å². The molecule has 0 amide bonds. The first-order valence-electron chi connectivity index (χ1n) is 5.60. The first kappa shape index (κ1) is 10.9. The molecule has 1 saturated carbocycles. The molecule has 0 spiro atoms. The van der Waals surface area contributed by atoms with Gasteiger partial charge in [0.15, 0.2) is 0 Å². The largest absolute Gasteiger partial charge is 0.380 e. The lowest BCUT2D eigenvalue weighted by Crippen LogP contribution is -2.30. The zero-order chi connectivity index (χ0) is 11.6. The van der Waals surface area contributed by atoms with Crippen LogP contribution in [0, 0.1) is 17.1 Å². The Morgan fingerprint density at radius 3 is 2.62 bits per heavy atom. The van der Waals surface area contributed by atoms with Gasteiger partial charge in [-0.1, -0.05) is 12.8 Å². The van der Waals surface area contributed by atoms with Crippen LogP contribution in [0.1, 0.15) is 38.2 Å². The summed E-state index contributed by atoms with van der Waals surface area (Å²) >= 11 is 0. The summed E-state index contributed by atoms with van der Waals surface area (Å²) in [4.78, 5) is 0. The highest BCUT2D eigenvalue weighted by molar-refractivity contribution is 5.51. The second-order valence-corrected chi connectivity index (χ2v) is 4.73. The van der Waals surface area contributed by atoms with Gasteiger partial charge in [-0.15, -0.1) is 0 Å². The summed E-state index contributed by atoms with van der Waals surface area (Å²) in [5.41, 5.74) is 1.13. The Morgan fingerprint density at radius 1 is 1.31 bits per heavy atom. The maximum absolute atomic E-state index is 13.2. The molecule has 0 aromatic heterocycles. The number of halogens is 1. The van der Waals surface area contributed by atoms with Crippen LogP contribution in [0.15, 0.2) is 18.2 Å². The number of anilines is 1. The number of hydrogen-bond acceptors (Lipinski definition) is 2. The molecular weight excluding hydrogens is 203 g/mol. The Bertz CT molecular complexity index is 428. The summed E-state index contributed by atoms with van der Waals surface area (Å²) in [6.07, 6.45) is 4.63. The van der Waals surface area contributed by atoms with E-state index in [1.165, 1.54) is 25.0 Å². The molecule has 84 valence electrons. The molecule has 2 rings (SSSR count). The van der Waals surface area contributed by atoms with Gasteiger partial charge in [0.2, 0.25) is 0 Å². The van der Waals surface area contributed by atoms with Gasteiger partial charge in [0.1, 0.15) is 5.82 Å². The van der Waals surface area contributed by atoms with Crippen LogP contribution in [0.3, 0.4) is 0 Å². The van der Waals surface area contributed by atoms with Crippen LogP contribution >= 0.6 is 0 Å². The Kier molecular flexibility index (Phi) is 2.82. The number of nitriles is 1. The van der Waals surface area contributed by atoms with Crippen LogP contribution < -0.4 is 5.32 Å². The molecule has 0 bridgehead atoms. The third-order valence-electron chi connectivity index (χ3n) is 3.18. The standard InChI is InChI=1S/C13H15FN2/c1-13(4-2-3-5-13)16-12-7-10(9-15)6-11(14)8-12/h6-8,16H,2-5H2,1H3. The molecule has 0 unspecified atom stereocenters. The molecule has 1 aromatic rings. The van der Waals surface area contributed by atoms with E-state index in [0.29, 0.717) is 11.3 Å². The molecule has 2 nitrogen and oxygen atoms in total. The Balaban J connectivity index is 2.21. The van der Waals surface area contributed by atoms with Crippen molar-refractivity contribution in [1.29, 1.82) is 5.26 Å². The predicted molar refractivity (Wildman–Crippen MR) is 61.6 cm³/mol. The Morgan fingerprint density at radius 2 is 2.00 bits per heavy atom. The minimum atomic E-state index is -0.358. The first-order chi connectivity index (χ1) is 7.61. The van der Waals surface area contributed by atoms with E-state index in [2.05, 4.69) is 12.2 Å². The highest BCUT2D eigenvalue weighted by Gasteiger charge is 2.28. The molecule has 1 aliphatic rings. The van der Waals surface area contributed by atoms with Crippen molar-refractivity contribution in [3.63, 3.8) is 0 Å². The van der Waals surface area contributed by atoms with E-state index in [1.807, 2.05) is 6.07 Å². The van der Waals surface area contributed by atoms with E-state index in [9.17, 15) is 4.39 Å². The molecule has 1 aromatic carbocycles. The molecular formula is C13H15FN2. The molecule has 1 fully saturated rings. The van der Waals surface area contributed by atoms with Crippen LogP contribution in [-0.2, 0) is 0 Å². The van der Waals surface area contributed by atoms with Gasteiger partial charge in [0.25, 0.3) is 0 Å². The monoisotopic (exact) mass is 218 g/mol. The minimum Gasteiger partial charge on any atom is -0.380 e. The van der Waals surface area contributed by atoms with E-state index >= 15 is 0 Å². The summed E-state index contributed by atoms with van der Waals surface area (Å²) in [5, 5.41) is 12.1. The van der Waals surface area contributed by atoms with E-state index in [1.54, 1.807) is 6.07 Å². The minimum absolute atomic E-state index is 0.0561. The second-order valence-electron chi connectivity index (χ2n) is 4.73. The van der Waals surface area contributed by atoms with Crippen LogP contribution in [0.25, 0.3) is 0 Å². The highest BCUT2D eigenvalue weighted by atomic mass is 19.1. The normalized spacial score (nSPS) is 18.1. The fraction of sp³-hybridized carbons (Fsp3) is 0.462. The number of nitrogens with one attached hydrogen (secondary N) is 1. The van der Waals surface area contributed by atoms with Crippen LogP contribution in [0.5, 0.6) is 0 Å². The molecule has 1 aliphatic carbocycles. The van der Waals surface area contributed by atoms with E-state index in [4.69, 9.17) is 5.26 Å². The van der Waals surface area contributed by atoms with Crippen molar-refractivity contribution >= 4 is 5.69 Å². The SMILES string of the molecule is CC1(Nc2cc(F)cc(C#N)c2)CCCC1. The molecule has 1 N–H and O–H groups in total. The maximum Gasteiger partial charge on any atom is 0.126 e. The summed E-state index contributed by atoms with van der Waals surface area (Å²) < 4.78 is 13.2. The summed E-state index contributed by atoms with van der Waals surface area (Å²) in [5.74, 6) is -0.358. The van der Waals surface area contributed by atoms with E-state index in [0.717, 1.165) is 12.8 Å². The maximum atomic E-state index is 13.2. The van der Waals surface area contributed by atoms with Gasteiger partial charge in [-0.05, 0) is 38.0 Å². The van der Waals surface area contributed by atoms with Crippen molar-refractivity contribution in [2.75, 3.05) is 5.32 Å². The average molecular weight is 218 g/mol. The fourth-order valence-corrected chi connectivity index (χ4v) is 2.36. The number of rotatable bonds is 2. The Hall–Kier alpha value is -1.56. The van der Waals surface area contributed by atoms with Crippen LogP contribution in [0.2, 0.25) is 0 Å². The van der Waals surface area contributed by atoms with Crippen molar-refractivity contribution < 1.29 is 4.39 Å². The van der Waals surface area contributed by atoms with Gasteiger partial charge >= 0.3 is 0 Å². The van der Waals surface area contributed by atoms with Crippen molar-refractivity contribution in [2.24, 2.45) is 0 Å². The third-order valence-corrected chi connectivity index (χ3v) is 3.18.